The van der Waals surface area contributed by atoms with Gasteiger partial charge in [0.1, 0.15) is 16.8 Å². The lowest BCUT2D eigenvalue weighted by Gasteiger charge is -2.34. The summed E-state index contributed by atoms with van der Waals surface area (Å²) in [5.74, 6) is 0.608. The van der Waals surface area contributed by atoms with Crippen LogP contribution in [0, 0.1) is 0 Å². The monoisotopic (exact) mass is 701 g/mol. The molecule has 0 saturated carbocycles. The van der Waals surface area contributed by atoms with Crippen LogP contribution in [0.2, 0.25) is 0 Å². The van der Waals surface area contributed by atoms with Crippen LogP contribution in [0.4, 0.5) is 0 Å². The average Bonchev–Trinajstić information content (AvgIpc) is 3.89. The summed E-state index contributed by atoms with van der Waals surface area (Å²) in [5.41, 5.74) is 13.0. The number of benzene rings is 8. The maximum atomic E-state index is 6.71. The highest BCUT2D eigenvalue weighted by atomic mass is 16.3. The Balaban J connectivity index is 1.19. The highest BCUT2D eigenvalue weighted by Crippen LogP contribution is 2.57. The average molecular weight is 702 g/mol. The van der Waals surface area contributed by atoms with Crippen LogP contribution in [0.25, 0.3) is 83.0 Å². The summed E-state index contributed by atoms with van der Waals surface area (Å²) < 4.78 is 8.94. The van der Waals surface area contributed by atoms with Gasteiger partial charge in [0, 0.05) is 21.7 Å². The molecule has 55 heavy (non-hydrogen) atoms. The van der Waals surface area contributed by atoms with Crippen LogP contribution in [-0.2, 0) is 5.41 Å². The Labute approximate surface area is 316 Å². The molecule has 0 radical (unpaired) electrons. The van der Waals surface area contributed by atoms with Crippen molar-refractivity contribution in [2.75, 3.05) is 0 Å². The second-order valence-electron chi connectivity index (χ2n) is 14.5. The summed E-state index contributed by atoms with van der Waals surface area (Å²) in [6.45, 7) is 0. The van der Waals surface area contributed by atoms with E-state index in [4.69, 9.17) is 14.4 Å². The SMILES string of the molecule is c1ccc(C2(c3ccccc3)c3ccccc3-c3ccc(-c4nc(-n5c6ccccc6c6cc7ccccc7cc65)nc5c4oc4ccccc45)cc32)cc1. The first-order valence-corrected chi connectivity index (χ1v) is 18.7. The molecule has 0 fully saturated rings. The first-order valence-electron chi connectivity index (χ1n) is 18.7. The molecule has 8 aromatic carbocycles. The second-order valence-corrected chi connectivity index (χ2v) is 14.5. The highest BCUT2D eigenvalue weighted by Gasteiger charge is 2.46. The Morgan fingerprint density at radius 2 is 1.09 bits per heavy atom. The van der Waals surface area contributed by atoms with Gasteiger partial charge in [-0.1, -0.05) is 152 Å². The molecule has 1 aliphatic carbocycles. The van der Waals surface area contributed by atoms with Crippen molar-refractivity contribution < 1.29 is 4.42 Å². The molecule has 0 spiro atoms. The molecule has 0 amide bonds. The van der Waals surface area contributed by atoms with Gasteiger partial charge >= 0.3 is 0 Å². The molecule has 11 aromatic rings. The predicted molar refractivity (Wildman–Crippen MR) is 224 cm³/mol. The summed E-state index contributed by atoms with van der Waals surface area (Å²) in [6.07, 6.45) is 0. The first-order chi connectivity index (χ1) is 27.3. The molecule has 0 unspecified atom stereocenters. The van der Waals surface area contributed by atoms with Crippen molar-refractivity contribution in [1.82, 2.24) is 14.5 Å². The van der Waals surface area contributed by atoms with E-state index in [1.54, 1.807) is 0 Å². The normalized spacial score (nSPS) is 13.2. The van der Waals surface area contributed by atoms with Crippen LogP contribution in [0.3, 0.4) is 0 Å². The maximum Gasteiger partial charge on any atom is 0.236 e. The van der Waals surface area contributed by atoms with Gasteiger partial charge in [0.25, 0.3) is 0 Å². The summed E-state index contributed by atoms with van der Waals surface area (Å²) in [7, 11) is 0. The lowest BCUT2D eigenvalue weighted by Crippen LogP contribution is -2.28. The fourth-order valence-electron chi connectivity index (χ4n) is 9.34. The molecule has 4 nitrogen and oxygen atoms in total. The largest absolute Gasteiger partial charge is 0.452 e. The Morgan fingerprint density at radius 3 is 1.89 bits per heavy atom. The summed E-state index contributed by atoms with van der Waals surface area (Å²) in [5, 5.41) is 5.67. The third-order valence-electron chi connectivity index (χ3n) is 11.7. The quantitative estimate of drug-likeness (QED) is 0.183. The van der Waals surface area contributed by atoms with E-state index in [1.165, 1.54) is 49.5 Å². The van der Waals surface area contributed by atoms with Crippen LogP contribution in [0.15, 0.2) is 192 Å². The minimum Gasteiger partial charge on any atom is -0.452 e. The number of hydrogen-bond donors (Lipinski definition) is 0. The van der Waals surface area contributed by atoms with Crippen LogP contribution in [-0.4, -0.2) is 14.5 Å². The third-order valence-corrected chi connectivity index (χ3v) is 11.7. The minimum atomic E-state index is -0.540. The summed E-state index contributed by atoms with van der Waals surface area (Å²) in [6, 6.07) is 67.4. The zero-order valence-corrected chi connectivity index (χ0v) is 29.6. The van der Waals surface area contributed by atoms with Gasteiger partial charge in [0.15, 0.2) is 5.58 Å². The van der Waals surface area contributed by atoms with Gasteiger partial charge in [-0.2, -0.15) is 0 Å². The van der Waals surface area contributed by atoms with Crippen molar-refractivity contribution in [3.8, 4) is 28.3 Å². The van der Waals surface area contributed by atoms with Gasteiger partial charge in [-0.3, -0.25) is 4.57 Å². The molecular formula is C51H31N3O. The zero-order chi connectivity index (χ0) is 36.1. The van der Waals surface area contributed by atoms with Crippen molar-refractivity contribution in [2.45, 2.75) is 5.41 Å². The van der Waals surface area contributed by atoms with Gasteiger partial charge in [0.05, 0.1) is 16.4 Å². The van der Waals surface area contributed by atoms with Crippen molar-refractivity contribution in [1.29, 1.82) is 0 Å². The molecule has 256 valence electrons. The number of para-hydroxylation sites is 2. The predicted octanol–water partition coefficient (Wildman–Crippen LogP) is 12.7. The van der Waals surface area contributed by atoms with E-state index in [0.717, 1.165) is 44.2 Å². The van der Waals surface area contributed by atoms with Crippen LogP contribution in [0.5, 0.6) is 0 Å². The molecule has 0 saturated heterocycles. The third kappa shape index (κ3) is 4.16. The topological polar surface area (TPSA) is 43.9 Å². The van der Waals surface area contributed by atoms with Gasteiger partial charge in [0.2, 0.25) is 5.95 Å². The van der Waals surface area contributed by atoms with Crippen LogP contribution < -0.4 is 0 Å². The van der Waals surface area contributed by atoms with Crippen molar-refractivity contribution >= 4 is 54.6 Å². The van der Waals surface area contributed by atoms with Crippen molar-refractivity contribution in [3.63, 3.8) is 0 Å². The van der Waals surface area contributed by atoms with E-state index >= 15 is 0 Å². The molecule has 3 heterocycles. The number of hydrogen-bond acceptors (Lipinski definition) is 3. The Hall–Kier alpha value is -7.30. The fraction of sp³-hybridized carbons (Fsp3) is 0.0196. The lowest BCUT2D eigenvalue weighted by atomic mass is 9.67. The van der Waals surface area contributed by atoms with Crippen LogP contribution >= 0.6 is 0 Å². The fourth-order valence-corrected chi connectivity index (χ4v) is 9.34. The molecule has 4 heteroatoms. The highest BCUT2D eigenvalue weighted by molar-refractivity contribution is 6.14. The van der Waals surface area contributed by atoms with Gasteiger partial charge in [-0.05, 0) is 80.6 Å². The van der Waals surface area contributed by atoms with E-state index in [-0.39, 0.29) is 0 Å². The number of aromatic nitrogens is 3. The van der Waals surface area contributed by atoms with E-state index in [0.29, 0.717) is 11.5 Å². The summed E-state index contributed by atoms with van der Waals surface area (Å²) in [4.78, 5) is 10.9. The molecule has 0 N–H and O–H groups in total. The Morgan fingerprint density at radius 1 is 0.455 bits per heavy atom. The number of nitrogens with zero attached hydrogens (tertiary/aromatic N) is 3. The Bertz CT molecular complexity index is 3280. The van der Waals surface area contributed by atoms with E-state index < -0.39 is 5.41 Å². The molecule has 0 bridgehead atoms. The van der Waals surface area contributed by atoms with Crippen LogP contribution in [0.1, 0.15) is 22.3 Å². The van der Waals surface area contributed by atoms with E-state index in [2.05, 4.69) is 174 Å². The van der Waals surface area contributed by atoms with E-state index in [9.17, 15) is 0 Å². The molecule has 12 rings (SSSR count). The second kappa shape index (κ2) is 11.3. The smallest absolute Gasteiger partial charge is 0.236 e. The molecule has 0 aliphatic heterocycles. The first kappa shape index (κ1) is 30.2. The molecular weight excluding hydrogens is 671 g/mol. The number of furan rings is 1. The summed E-state index contributed by atoms with van der Waals surface area (Å²) >= 11 is 0. The minimum absolute atomic E-state index is 0.540. The number of rotatable bonds is 4. The zero-order valence-electron chi connectivity index (χ0n) is 29.6. The number of fused-ring (bicyclic) bond motifs is 10. The van der Waals surface area contributed by atoms with Gasteiger partial charge < -0.3 is 4.42 Å². The molecule has 3 aromatic heterocycles. The van der Waals surface area contributed by atoms with Gasteiger partial charge in [-0.15, -0.1) is 0 Å². The van der Waals surface area contributed by atoms with Crippen molar-refractivity contribution in [2.24, 2.45) is 0 Å². The molecule has 0 atom stereocenters. The van der Waals surface area contributed by atoms with Gasteiger partial charge in [-0.25, -0.2) is 9.97 Å². The maximum absolute atomic E-state index is 6.71. The molecule has 1 aliphatic rings. The lowest BCUT2D eigenvalue weighted by molar-refractivity contribution is 0.666. The Kier molecular flexibility index (Phi) is 6.23. The van der Waals surface area contributed by atoms with Crippen molar-refractivity contribution in [3.05, 3.63) is 210 Å². The van der Waals surface area contributed by atoms with E-state index in [1.807, 2.05) is 18.2 Å². The standard InChI is InChI=1S/C51H31N3O/c1-3-17-35(18-4-1)51(36-19-5-2-6-20-36)42-24-12-9-21-37(42)38-28-27-34(30-43(38)51)47-49-48(40-23-11-14-26-46(40)55-49)53-50(52-47)54-44-25-13-10-22-39(44)41-29-32-15-7-8-16-33(32)31-45(41)54/h1-31H.